The van der Waals surface area contributed by atoms with Gasteiger partial charge in [-0.25, -0.2) is 23.0 Å². The number of allylic oxidation sites excluding steroid dienone is 1. The van der Waals surface area contributed by atoms with Gasteiger partial charge < -0.3 is 49.1 Å². The van der Waals surface area contributed by atoms with E-state index in [2.05, 4.69) is 20.6 Å². The molecule has 1 aromatic heterocycles. The Kier molecular flexibility index (Phi) is 12.5. The second-order valence-electron chi connectivity index (χ2n) is 17.1. The topological polar surface area (TPSA) is 220 Å². The number of imidazole rings is 1. The van der Waals surface area contributed by atoms with Crippen LogP contribution in [-0.2, 0) is 38.4 Å². The number of hydrogen-bond acceptors (Lipinski definition) is 13. The van der Waals surface area contributed by atoms with Crippen LogP contribution in [-0.4, -0.2) is 130 Å². The molecule has 2 aromatic carbocycles. The first-order chi connectivity index (χ1) is 31.0. The quantitative estimate of drug-likeness (QED) is 0.188. The van der Waals surface area contributed by atoms with E-state index in [-0.39, 0.29) is 57.0 Å². The Morgan fingerprint density at radius 1 is 0.750 bits per heavy atom. The number of ether oxygens (including phenoxy) is 5. The van der Waals surface area contributed by atoms with Crippen molar-refractivity contribution in [3.63, 3.8) is 0 Å². The first-order valence-corrected chi connectivity index (χ1v) is 23.5. The number of carbonyl (C=O) groups excluding carboxylic acids is 4. The van der Waals surface area contributed by atoms with Crippen molar-refractivity contribution in [1.82, 2.24) is 30.4 Å². The fourth-order valence-corrected chi connectivity index (χ4v) is 11.5. The van der Waals surface area contributed by atoms with Crippen molar-refractivity contribution >= 4 is 45.1 Å². The van der Waals surface area contributed by atoms with Gasteiger partial charge in [-0.2, -0.15) is 0 Å². The molecular formula is C45H53N7O11S. The number of benzene rings is 2. The van der Waals surface area contributed by atoms with Gasteiger partial charge in [-0.3, -0.25) is 14.6 Å². The van der Waals surface area contributed by atoms with E-state index in [4.69, 9.17) is 28.7 Å². The predicted molar refractivity (Wildman–Crippen MR) is 230 cm³/mol. The fraction of sp³-hybridized carbons (Fsp3) is 0.511. The molecule has 4 fully saturated rings. The summed E-state index contributed by atoms with van der Waals surface area (Å²) >= 11 is 0. The van der Waals surface area contributed by atoms with Crippen LogP contribution in [0.25, 0.3) is 16.8 Å². The Bertz CT molecular complexity index is 2480. The van der Waals surface area contributed by atoms with Crippen molar-refractivity contribution < 1.29 is 51.3 Å². The lowest BCUT2D eigenvalue weighted by Crippen LogP contribution is -2.55. The minimum absolute atomic E-state index is 0.0182. The second kappa shape index (κ2) is 18.4. The lowest BCUT2D eigenvalue weighted by molar-refractivity contribution is -0.137. The van der Waals surface area contributed by atoms with Crippen LogP contribution < -0.4 is 15.4 Å². The van der Waals surface area contributed by atoms with Gasteiger partial charge >= 0.3 is 12.2 Å². The highest BCUT2D eigenvalue weighted by molar-refractivity contribution is 7.91. The summed E-state index contributed by atoms with van der Waals surface area (Å²) in [5, 5.41) is 5.56. The van der Waals surface area contributed by atoms with E-state index in [1.54, 1.807) is 53.7 Å². The SMILES string of the molecule is COC(=O)N[C@H](C(=O)N1CCC[C@H]1C1=NC=C(c2ccc3c(c2)Oc2ccc(-c4cnc([C@@H]5CCCN5C(=O)[C@@H](NC(=O)OC)C5CCOCC5)[nH]4)cc2S3(=O)=O)C1)C1CCOCC1. The summed E-state index contributed by atoms with van der Waals surface area (Å²) in [7, 11) is -1.45. The van der Waals surface area contributed by atoms with Crippen molar-refractivity contribution in [3.8, 4) is 22.8 Å². The molecule has 0 saturated carbocycles. The molecule has 0 bridgehead atoms. The monoisotopic (exact) mass is 899 g/mol. The summed E-state index contributed by atoms with van der Waals surface area (Å²) < 4.78 is 55.4. The number of nitrogens with zero attached hydrogens (tertiary/aromatic N) is 4. The van der Waals surface area contributed by atoms with E-state index in [1.165, 1.54) is 14.2 Å². The lowest BCUT2D eigenvalue weighted by Gasteiger charge is -2.34. The molecule has 4 atom stereocenters. The van der Waals surface area contributed by atoms with Gasteiger partial charge in [0.2, 0.25) is 21.7 Å². The first-order valence-electron chi connectivity index (χ1n) is 22.0. The number of carbonyl (C=O) groups is 4. The largest absolute Gasteiger partial charge is 0.455 e. The highest BCUT2D eigenvalue weighted by Gasteiger charge is 2.43. The molecular weight excluding hydrogens is 847 g/mol. The van der Waals surface area contributed by atoms with Crippen molar-refractivity contribution in [2.45, 2.75) is 91.7 Å². The normalized spacial score (nSPS) is 22.9. The number of methoxy groups -OCH3 is 2. The molecule has 3 N–H and O–H groups in total. The summed E-state index contributed by atoms with van der Waals surface area (Å²) in [5.41, 5.74) is 3.60. The van der Waals surface area contributed by atoms with Crippen LogP contribution >= 0.6 is 0 Å². The third-order valence-corrected chi connectivity index (χ3v) is 15.2. The number of aliphatic imine (C=N–C) groups is 1. The second-order valence-corrected chi connectivity index (χ2v) is 19.0. The molecule has 4 amide bonds. The van der Waals surface area contributed by atoms with Crippen LogP contribution in [0.1, 0.15) is 75.2 Å². The van der Waals surface area contributed by atoms with E-state index < -0.39 is 34.1 Å². The Hall–Kier alpha value is -5.79. The van der Waals surface area contributed by atoms with Crippen LogP contribution in [0.4, 0.5) is 9.59 Å². The van der Waals surface area contributed by atoms with E-state index in [0.29, 0.717) is 95.1 Å². The zero-order valence-electron chi connectivity index (χ0n) is 35.9. The zero-order chi connectivity index (χ0) is 44.5. The standard InChI is InChI=1S/C45H53N7O11S/c1-59-44(55)49-39(26-11-17-61-18-12-26)42(53)51-15-3-5-33(51)31-21-30(24-46-31)28-8-10-37-36(22-28)63-35-9-7-29(23-38(35)64(37,57)58)32-25-47-41(48-32)34-6-4-16-52(34)43(54)40(50-45(56)60-2)27-13-19-62-20-14-27/h7-10,22-27,33-34,39-40H,3-6,11-21H2,1-2H3,(H,47,48)(H,49,55)(H,50,56)/t33-,34-,39-,40-/m0/s1. The Labute approximate surface area is 371 Å². The molecule has 340 valence electrons. The molecule has 6 aliphatic rings. The van der Waals surface area contributed by atoms with E-state index in [0.717, 1.165) is 36.1 Å². The average Bonchev–Trinajstić information content (AvgIpc) is 4.17. The highest BCUT2D eigenvalue weighted by Crippen LogP contribution is 2.46. The Balaban J connectivity index is 0.881. The van der Waals surface area contributed by atoms with Gasteiger partial charge in [0.1, 0.15) is 39.2 Å². The molecule has 19 heteroatoms. The van der Waals surface area contributed by atoms with Gasteiger partial charge in [-0.15, -0.1) is 0 Å². The van der Waals surface area contributed by atoms with Gasteiger partial charge in [-0.05, 0) is 105 Å². The molecule has 64 heavy (non-hydrogen) atoms. The van der Waals surface area contributed by atoms with Crippen molar-refractivity contribution in [3.05, 3.63) is 60.2 Å². The number of alkyl carbamates (subject to hydrolysis) is 2. The number of rotatable bonds is 10. The third-order valence-electron chi connectivity index (χ3n) is 13.4. The van der Waals surface area contributed by atoms with Gasteiger partial charge in [0.25, 0.3) is 0 Å². The summed E-state index contributed by atoms with van der Waals surface area (Å²) in [6.07, 6.45) is 8.08. The first kappa shape index (κ1) is 43.5. The summed E-state index contributed by atoms with van der Waals surface area (Å²) in [6.45, 7) is 3.11. The van der Waals surface area contributed by atoms with Crippen LogP contribution in [0.5, 0.6) is 11.5 Å². The molecule has 9 rings (SSSR count). The maximum atomic E-state index is 14.2. The number of amides is 4. The van der Waals surface area contributed by atoms with E-state index in [9.17, 15) is 27.6 Å². The van der Waals surface area contributed by atoms with Crippen LogP contribution in [0.3, 0.4) is 0 Å². The average molecular weight is 900 g/mol. The molecule has 0 radical (unpaired) electrons. The lowest BCUT2D eigenvalue weighted by atomic mass is 9.90. The van der Waals surface area contributed by atoms with Gasteiger partial charge in [-0.1, -0.05) is 6.07 Å². The number of fused-ring (bicyclic) bond motifs is 2. The van der Waals surface area contributed by atoms with Crippen molar-refractivity contribution in [2.75, 3.05) is 53.7 Å². The molecule has 0 spiro atoms. The minimum Gasteiger partial charge on any atom is -0.455 e. The molecule has 3 aromatic rings. The number of likely N-dealkylation sites (tertiary alicyclic amines) is 2. The summed E-state index contributed by atoms with van der Waals surface area (Å²) in [4.78, 5) is 69.1. The molecule has 0 unspecified atom stereocenters. The summed E-state index contributed by atoms with van der Waals surface area (Å²) in [6, 6.07) is 7.88. The molecule has 0 aliphatic carbocycles. The van der Waals surface area contributed by atoms with Crippen LogP contribution in [0.2, 0.25) is 0 Å². The number of H-pyrrole nitrogens is 1. The molecule has 6 aliphatic heterocycles. The maximum absolute atomic E-state index is 14.2. The number of sulfone groups is 1. The molecule has 4 saturated heterocycles. The number of nitrogens with one attached hydrogen (secondary N) is 3. The highest BCUT2D eigenvalue weighted by atomic mass is 32.2. The zero-order valence-corrected chi connectivity index (χ0v) is 36.7. The Morgan fingerprint density at radius 3 is 1.97 bits per heavy atom. The number of aromatic amines is 1. The minimum atomic E-state index is -4.01. The van der Waals surface area contributed by atoms with Gasteiger partial charge in [0, 0.05) is 63.4 Å². The fourth-order valence-electron chi connectivity index (χ4n) is 9.98. The third kappa shape index (κ3) is 8.47. The van der Waals surface area contributed by atoms with Crippen LogP contribution in [0, 0.1) is 11.8 Å². The maximum Gasteiger partial charge on any atom is 0.407 e. The Morgan fingerprint density at radius 2 is 1.34 bits per heavy atom. The molecule has 18 nitrogen and oxygen atoms in total. The number of aromatic nitrogens is 2. The van der Waals surface area contributed by atoms with Gasteiger partial charge in [0.05, 0.1) is 38.2 Å². The van der Waals surface area contributed by atoms with Crippen LogP contribution in [0.15, 0.2) is 63.6 Å². The van der Waals surface area contributed by atoms with E-state index in [1.807, 2.05) is 4.90 Å². The van der Waals surface area contributed by atoms with E-state index >= 15 is 0 Å². The number of hydrogen-bond donors (Lipinski definition) is 3. The van der Waals surface area contributed by atoms with Crippen molar-refractivity contribution in [1.29, 1.82) is 0 Å². The van der Waals surface area contributed by atoms with Crippen molar-refractivity contribution in [2.24, 2.45) is 16.8 Å². The summed E-state index contributed by atoms with van der Waals surface area (Å²) in [5.74, 6) is 0.427. The van der Waals surface area contributed by atoms with Gasteiger partial charge in [0.15, 0.2) is 0 Å². The molecule has 7 heterocycles. The smallest absolute Gasteiger partial charge is 0.407 e. The predicted octanol–water partition coefficient (Wildman–Crippen LogP) is 5.16.